The van der Waals surface area contributed by atoms with Crippen molar-refractivity contribution in [3.05, 3.63) is 194 Å². The number of aromatic nitrogens is 4. The summed E-state index contributed by atoms with van der Waals surface area (Å²) in [6.07, 6.45) is 0. The Bertz CT molecular complexity index is 3880. The van der Waals surface area contributed by atoms with Crippen molar-refractivity contribution in [2.24, 2.45) is 0 Å². The predicted molar refractivity (Wildman–Crippen MR) is 248 cm³/mol. The number of hydrogen-bond acceptors (Lipinski definition) is 5. The predicted octanol–water partition coefficient (Wildman–Crippen LogP) is 14.6. The summed E-state index contributed by atoms with van der Waals surface area (Å²) in [5, 5.41) is 9.06. The van der Waals surface area contributed by atoms with Crippen LogP contribution in [0.25, 0.3) is 127 Å². The normalized spacial score (nSPS) is 11.9. The van der Waals surface area contributed by atoms with E-state index < -0.39 is 0 Å². The third-order valence-corrected chi connectivity index (χ3v) is 12.1. The molecule has 0 N–H and O–H groups in total. The molecule has 0 aliphatic carbocycles. The summed E-state index contributed by atoms with van der Waals surface area (Å²) in [6.45, 7) is 0. The number of fused-ring (bicyclic) bond motifs is 10. The molecular weight excluding hydrogens is 749 g/mol. The summed E-state index contributed by atoms with van der Waals surface area (Å²) in [5.41, 5.74) is 11.3. The first-order valence-corrected chi connectivity index (χ1v) is 20.4. The van der Waals surface area contributed by atoms with Crippen LogP contribution >= 0.6 is 0 Å². The summed E-state index contributed by atoms with van der Waals surface area (Å²) in [7, 11) is 0. The minimum Gasteiger partial charge on any atom is -0.455 e. The summed E-state index contributed by atoms with van der Waals surface area (Å²) in [5.74, 6) is 1.73. The summed E-state index contributed by atoms with van der Waals surface area (Å²) >= 11 is 0. The highest BCUT2D eigenvalue weighted by Crippen LogP contribution is 2.43. The van der Waals surface area contributed by atoms with E-state index in [0.717, 1.165) is 88.4 Å². The lowest BCUT2D eigenvalue weighted by atomic mass is 9.97. The molecule has 284 valence electrons. The Labute approximate surface area is 348 Å². The Kier molecular flexibility index (Phi) is 7.21. The molecule has 0 fully saturated rings. The minimum absolute atomic E-state index is 0.554. The van der Waals surface area contributed by atoms with Crippen molar-refractivity contribution < 1.29 is 8.83 Å². The van der Waals surface area contributed by atoms with Gasteiger partial charge in [0.15, 0.2) is 23.1 Å². The van der Waals surface area contributed by atoms with Gasteiger partial charge in [-0.3, -0.25) is 0 Å². The van der Waals surface area contributed by atoms with Crippen LogP contribution in [0.15, 0.2) is 203 Å². The van der Waals surface area contributed by atoms with Crippen molar-refractivity contribution in [1.82, 2.24) is 19.5 Å². The fraction of sp³-hybridized carbons (Fsp3) is 0. The molecule has 0 saturated heterocycles. The molecule has 13 aromatic rings. The molecule has 6 heteroatoms. The molecule has 4 heterocycles. The molecule has 0 radical (unpaired) electrons. The van der Waals surface area contributed by atoms with Crippen molar-refractivity contribution >= 4 is 76.5 Å². The van der Waals surface area contributed by atoms with Gasteiger partial charge in [-0.1, -0.05) is 152 Å². The molecular formula is C55H32N4O2. The Morgan fingerprint density at radius 3 is 1.74 bits per heavy atom. The van der Waals surface area contributed by atoms with Crippen LogP contribution in [0.5, 0.6) is 0 Å². The van der Waals surface area contributed by atoms with Gasteiger partial charge < -0.3 is 13.4 Å². The van der Waals surface area contributed by atoms with Crippen LogP contribution in [0.4, 0.5) is 0 Å². The van der Waals surface area contributed by atoms with Gasteiger partial charge in [0.2, 0.25) is 0 Å². The average molecular weight is 781 g/mol. The molecule has 0 aliphatic rings. The SMILES string of the molecule is c1ccc(-c2nc(-c3ccc(-c4ccc(-n5c6ccccc6c6cc7ccccc7cc65)c5oc6ccccc6c45)cc3)nc(-c3cccc4c3oc3ccccc34)n2)cc1. The number of furan rings is 2. The van der Waals surface area contributed by atoms with E-state index in [2.05, 4.69) is 132 Å². The van der Waals surface area contributed by atoms with E-state index in [9.17, 15) is 0 Å². The fourth-order valence-corrected chi connectivity index (χ4v) is 9.21. The number of hydrogen-bond donors (Lipinski definition) is 0. The zero-order chi connectivity index (χ0) is 40.0. The van der Waals surface area contributed by atoms with E-state index in [4.69, 9.17) is 23.8 Å². The molecule has 0 atom stereocenters. The number of benzene rings is 9. The molecule has 6 nitrogen and oxygen atoms in total. The highest BCUT2D eigenvalue weighted by Gasteiger charge is 2.22. The van der Waals surface area contributed by atoms with Gasteiger partial charge >= 0.3 is 0 Å². The van der Waals surface area contributed by atoms with Crippen LogP contribution in [0, 0.1) is 0 Å². The van der Waals surface area contributed by atoms with Crippen LogP contribution in [0.3, 0.4) is 0 Å². The van der Waals surface area contributed by atoms with Gasteiger partial charge in [-0.15, -0.1) is 0 Å². The van der Waals surface area contributed by atoms with Gasteiger partial charge in [0.25, 0.3) is 0 Å². The second kappa shape index (κ2) is 13.1. The first-order valence-electron chi connectivity index (χ1n) is 20.4. The molecule has 0 bridgehead atoms. The highest BCUT2D eigenvalue weighted by atomic mass is 16.3. The van der Waals surface area contributed by atoms with Gasteiger partial charge in [-0.25, -0.2) is 15.0 Å². The van der Waals surface area contributed by atoms with Crippen molar-refractivity contribution in [2.45, 2.75) is 0 Å². The van der Waals surface area contributed by atoms with E-state index in [1.807, 2.05) is 66.7 Å². The summed E-state index contributed by atoms with van der Waals surface area (Å²) in [6, 6.07) is 67.4. The van der Waals surface area contributed by atoms with Gasteiger partial charge in [-0.05, 0) is 64.4 Å². The zero-order valence-corrected chi connectivity index (χ0v) is 32.6. The molecule has 13 rings (SSSR count). The molecule has 61 heavy (non-hydrogen) atoms. The maximum atomic E-state index is 6.85. The van der Waals surface area contributed by atoms with E-state index in [1.54, 1.807) is 0 Å². The van der Waals surface area contributed by atoms with E-state index in [-0.39, 0.29) is 0 Å². The second-order valence-corrected chi connectivity index (χ2v) is 15.5. The lowest BCUT2D eigenvalue weighted by Gasteiger charge is -2.12. The number of rotatable bonds is 5. The third kappa shape index (κ3) is 5.19. The largest absolute Gasteiger partial charge is 0.455 e. The third-order valence-electron chi connectivity index (χ3n) is 12.1. The van der Waals surface area contributed by atoms with Crippen LogP contribution in [0.2, 0.25) is 0 Å². The van der Waals surface area contributed by atoms with Crippen LogP contribution < -0.4 is 0 Å². The summed E-state index contributed by atoms with van der Waals surface area (Å²) < 4.78 is 15.7. The Hall–Kier alpha value is -8.35. The standard InChI is InChI=1S/C55H32N4O2/c1-2-13-34(14-3-1)53-56-54(58-55(57-53)43-21-12-20-41-40-18-7-10-23-48(40)60-51(41)43)35-27-25-33(26-28-35)38-29-30-46(52-50(38)42-19-8-11-24-49(42)61-52)59-45-22-9-6-17-39(45)44-31-36-15-4-5-16-37(36)32-47(44)59/h1-32H. The zero-order valence-electron chi connectivity index (χ0n) is 32.6. The molecule has 0 amide bonds. The van der Waals surface area contributed by atoms with Crippen molar-refractivity contribution in [3.8, 4) is 51.0 Å². The maximum Gasteiger partial charge on any atom is 0.167 e. The molecule has 0 aliphatic heterocycles. The van der Waals surface area contributed by atoms with Gasteiger partial charge in [0.1, 0.15) is 16.7 Å². The lowest BCUT2D eigenvalue weighted by Crippen LogP contribution is -2.00. The topological polar surface area (TPSA) is 69.9 Å². The number of nitrogens with zero attached hydrogens (tertiary/aromatic N) is 4. The van der Waals surface area contributed by atoms with Gasteiger partial charge in [0.05, 0.1) is 22.3 Å². The summed E-state index contributed by atoms with van der Waals surface area (Å²) in [4.78, 5) is 15.2. The van der Waals surface area contributed by atoms with Gasteiger partial charge in [-0.2, -0.15) is 0 Å². The van der Waals surface area contributed by atoms with Crippen LogP contribution in [-0.2, 0) is 0 Å². The minimum atomic E-state index is 0.554. The molecule has 0 spiro atoms. The van der Waals surface area contributed by atoms with E-state index >= 15 is 0 Å². The first-order chi connectivity index (χ1) is 30.2. The van der Waals surface area contributed by atoms with Crippen molar-refractivity contribution in [1.29, 1.82) is 0 Å². The Morgan fingerprint density at radius 1 is 0.344 bits per heavy atom. The quantitative estimate of drug-likeness (QED) is 0.174. The van der Waals surface area contributed by atoms with Crippen LogP contribution in [0.1, 0.15) is 0 Å². The average Bonchev–Trinajstić information content (AvgIpc) is 4.01. The Morgan fingerprint density at radius 2 is 0.934 bits per heavy atom. The van der Waals surface area contributed by atoms with E-state index in [0.29, 0.717) is 17.5 Å². The molecule has 4 aromatic heterocycles. The maximum absolute atomic E-state index is 6.85. The van der Waals surface area contributed by atoms with Crippen molar-refractivity contribution in [3.63, 3.8) is 0 Å². The van der Waals surface area contributed by atoms with Crippen LogP contribution in [-0.4, -0.2) is 19.5 Å². The smallest absolute Gasteiger partial charge is 0.167 e. The van der Waals surface area contributed by atoms with Crippen molar-refractivity contribution in [2.75, 3.05) is 0 Å². The monoisotopic (exact) mass is 780 g/mol. The molecule has 0 unspecified atom stereocenters. The first kappa shape index (κ1) is 33.6. The highest BCUT2D eigenvalue weighted by molar-refractivity contribution is 6.18. The molecule has 9 aromatic carbocycles. The lowest BCUT2D eigenvalue weighted by molar-refractivity contribution is 0.666. The number of para-hydroxylation sites is 4. The fourth-order valence-electron chi connectivity index (χ4n) is 9.21. The Balaban J connectivity index is 0.978. The second-order valence-electron chi connectivity index (χ2n) is 15.5. The van der Waals surface area contributed by atoms with Gasteiger partial charge in [0, 0.05) is 43.4 Å². The molecule has 0 saturated carbocycles. The van der Waals surface area contributed by atoms with E-state index in [1.165, 1.54) is 21.5 Å².